The number of pyridine rings is 1. The largest absolute Gasteiger partial charge is 0.313 e. The molecule has 0 saturated heterocycles. The smallest absolute Gasteiger partial charge is 0.253 e. The molecule has 0 fully saturated rings. The van der Waals surface area contributed by atoms with Crippen LogP contribution in [0.1, 0.15) is 29.3 Å². The van der Waals surface area contributed by atoms with Crippen LogP contribution in [0.15, 0.2) is 4.79 Å². The third kappa shape index (κ3) is 1.41. The van der Waals surface area contributed by atoms with Gasteiger partial charge in [-0.05, 0) is 45.7 Å². The molecule has 0 spiro atoms. The van der Waals surface area contributed by atoms with Gasteiger partial charge in [-0.15, -0.1) is 0 Å². The summed E-state index contributed by atoms with van der Waals surface area (Å²) in [7, 11) is 0. The van der Waals surface area contributed by atoms with E-state index in [0.717, 1.165) is 23.4 Å². The van der Waals surface area contributed by atoms with E-state index in [1.807, 2.05) is 32.3 Å². The molecule has 72 valence electrons. The molecule has 0 radical (unpaired) electrons. The van der Waals surface area contributed by atoms with E-state index in [4.69, 9.17) is 0 Å². The van der Waals surface area contributed by atoms with Crippen molar-refractivity contribution < 1.29 is 0 Å². The van der Waals surface area contributed by atoms with Crippen LogP contribution in [-0.4, -0.2) is 4.57 Å². The summed E-state index contributed by atoms with van der Waals surface area (Å²) in [6, 6.07) is 0. The van der Waals surface area contributed by atoms with Gasteiger partial charge in [0.05, 0.1) is 0 Å². The zero-order chi connectivity index (χ0) is 10.2. The summed E-state index contributed by atoms with van der Waals surface area (Å²) >= 11 is 0. The Balaban J connectivity index is 3.67. The summed E-state index contributed by atoms with van der Waals surface area (Å²) in [6.45, 7) is 10.8. The van der Waals surface area contributed by atoms with Crippen LogP contribution >= 0.6 is 0 Å². The molecule has 0 N–H and O–H groups in total. The highest BCUT2D eigenvalue weighted by atomic mass is 16.1. The first-order chi connectivity index (χ1) is 6.00. The van der Waals surface area contributed by atoms with Crippen LogP contribution in [0, 0.1) is 27.7 Å². The number of nitrogens with zero attached hydrogens (tertiary/aromatic N) is 1. The van der Waals surface area contributed by atoms with Gasteiger partial charge in [0.15, 0.2) is 0 Å². The van der Waals surface area contributed by atoms with Crippen molar-refractivity contribution in [1.29, 1.82) is 0 Å². The lowest BCUT2D eigenvalue weighted by atomic mass is 10.0. The normalized spacial score (nSPS) is 10.5. The van der Waals surface area contributed by atoms with E-state index in [0.29, 0.717) is 0 Å². The summed E-state index contributed by atoms with van der Waals surface area (Å²) in [4.78, 5) is 11.8. The van der Waals surface area contributed by atoms with Crippen molar-refractivity contribution in [2.45, 2.75) is 41.2 Å². The molecular formula is C11H17NO. The average Bonchev–Trinajstić information content (AvgIpc) is 2.13. The first-order valence-corrected chi connectivity index (χ1v) is 4.67. The summed E-state index contributed by atoms with van der Waals surface area (Å²) in [5.41, 5.74) is 4.50. The van der Waals surface area contributed by atoms with Gasteiger partial charge in [-0.1, -0.05) is 0 Å². The Labute approximate surface area is 79.2 Å². The van der Waals surface area contributed by atoms with E-state index >= 15 is 0 Å². The van der Waals surface area contributed by atoms with Crippen molar-refractivity contribution in [2.75, 3.05) is 0 Å². The molecule has 1 rings (SSSR count). The third-order valence-electron chi connectivity index (χ3n) is 2.95. The summed E-state index contributed by atoms with van der Waals surface area (Å²) in [6.07, 6.45) is 0. The van der Waals surface area contributed by atoms with Crippen molar-refractivity contribution in [3.05, 3.63) is 32.7 Å². The second-order valence-corrected chi connectivity index (χ2v) is 3.51. The van der Waals surface area contributed by atoms with E-state index in [1.165, 1.54) is 5.56 Å². The minimum Gasteiger partial charge on any atom is -0.313 e. The summed E-state index contributed by atoms with van der Waals surface area (Å²) in [5.74, 6) is 0. The summed E-state index contributed by atoms with van der Waals surface area (Å²) < 4.78 is 1.83. The Morgan fingerprint density at radius 3 is 2.00 bits per heavy atom. The Hall–Kier alpha value is -1.05. The lowest BCUT2D eigenvalue weighted by molar-refractivity contribution is 0.686. The molecule has 0 aliphatic rings. The standard InChI is InChI=1S/C11H17NO/c1-6-12-10(5)8(3)7(2)9(4)11(12)13/h6H2,1-5H3. The third-order valence-corrected chi connectivity index (χ3v) is 2.95. The van der Waals surface area contributed by atoms with E-state index in [2.05, 4.69) is 6.92 Å². The first kappa shape index (κ1) is 10.0. The zero-order valence-electron chi connectivity index (χ0n) is 9.06. The van der Waals surface area contributed by atoms with E-state index in [-0.39, 0.29) is 5.56 Å². The lowest BCUT2D eigenvalue weighted by Gasteiger charge is -2.14. The first-order valence-electron chi connectivity index (χ1n) is 4.67. The molecule has 0 unspecified atom stereocenters. The predicted molar refractivity (Wildman–Crippen MR) is 55.3 cm³/mol. The molecule has 0 aliphatic heterocycles. The highest BCUT2D eigenvalue weighted by Gasteiger charge is 2.08. The SMILES string of the molecule is CCn1c(C)c(C)c(C)c(C)c1=O. The van der Waals surface area contributed by atoms with Crippen molar-refractivity contribution in [3.63, 3.8) is 0 Å². The molecule has 0 atom stereocenters. The molecule has 0 amide bonds. The van der Waals surface area contributed by atoms with E-state index in [1.54, 1.807) is 0 Å². The van der Waals surface area contributed by atoms with Gasteiger partial charge in [0.1, 0.15) is 0 Å². The van der Waals surface area contributed by atoms with Crippen molar-refractivity contribution in [1.82, 2.24) is 4.57 Å². The fourth-order valence-corrected chi connectivity index (χ4v) is 1.65. The molecule has 2 nitrogen and oxygen atoms in total. The van der Waals surface area contributed by atoms with Crippen molar-refractivity contribution in [3.8, 4) is 0 Å². The molecule has 0 aromatic carbocycles. The Morgan fingerprint density at radius 2 is 1.54 bits per heavy atom. The maximum atomic E-state index is 11.8. The van der Waals surface area contributed by atoms with Gasteiger partial charge in [0.25, 0.3) is 5.56 Å². The molecule has 0 bridgehead atoms. The number of hydrogen-bond donors (Lipinski definition) is 0. The second-order valence-electron chi connectivity index (χ2n) is 3.51. The molecule has 13 heavy (non-hydrogen) atoms. The van der Waals surface area contributed by atoms with Crippen molar-refractivity contribution in [2.24, 2.45) is 0 Å². The predicted octanol–water partition coefficient (Wildman–Crippen LogP) is 2.10. The highest BCUT2D eigenvalue weighted by Crippen LogP contribution is 2.12. The number of rotatable bonds is 1. The molecule has 1 aromatic heterocycles. The van der Waals surface area contributed by atoms with Crippen LogP contribution in [-0.2, 0) is 6.54 Å². The van der Waals surface area contributed by atoms with Crippen LogP contribution in [0.25, 0.3) is 0 Å². The Kier molecular flexibility index (Phi) is 2.60. The highest BCUT2D eigenvalue weighted by molar-refractivity contribution is 5.33. The maximum Gasteiger partial charge on any atom is 0.253 e. The van der Waals surface area contributed by atoms with E-state index in [9.17, 15) is 4.79 Å². The molecule has 2 heteroatoms. The monoisotopic (exact) mass is 179 g/mol. The van der Waals surface area contributed by atoms with Gasteiger partial charge in [-0.25, -0.2) is 0 Å². The van der Waals surface area contributed by atoms with E-state index < -0.39 is 0 Å². The number of aromatic nitrogens is 1. The molecule has 0 aliphatic carbocycles. The van der Waals surface area contributed by atoms with Crippen LogP contribution in [0.4, 0.5) is 0 Å². The fourth-order valence-electron chi connectivity index (χ4n) is 1.65. The molecule has 1 heterocycles. The molecular weight excluding hydrogens is 162 g/mol. The van der Waals surface area contributed by atoms with Gasteiger partial charge < -0.3 is 4.57 Å². The lowest BCUT2D eigenvalue weighted by Crippen LogP contribution is -2.25. The van der Waals surface area contributed by atoms with Crippen LogP contribution < -0.4 is 5.56 Å². The van der Waals surface area contributed by atoms with Gasteiger partial charge in [-0.3, -0.25) is 4.79 Å². The Morgan fingerprint density at radius 1 is 1.00 bits per heavy atom. The molecule has 0 saturated carbocycles. The van der Waals surface area contributed by atoms with Crippen molar-refractivity contribution >= 4 is 0 Å². The quantitative estimate of drug-likeness (QED) is 0.647. The zero-order valence-corrected chi connectivity index (χ0v) is 9.06. The Bertz CT molecular complexity index is 388. The van der Waals surface area contributed by atoms with Gasteiger partial charge in [-0.2, -0.15) is 0 Å². The van der Waals surface area contributed by atoms with Crippen LogP contribution in [0.3, 0.4) is 0 Å². The molecule has 1 aromatic rings. The van der Waals surface area contributed by atoms with Gasteiger partial charge >= 0.3 is 0 Å². The second kappa shape index (κ2) is 3.36. The number of hydrogen-bond acceptors (Lipinski definition) is 1. The van der Waals surface area contributed by atoms with Crippen LogP contribution in [0.5, 0.6) is 0 Å². The minimum absolute atomic E-state index is 0.156. The minimum atomic E-state index is 0.156. The topological polar surface area (TPSA) is 22.0 Å². The van der Waals surface area contributed by atoms with Gasteiger partial charge in [0.2, 0.25) is 0 Å². The fraction of sp³-hybridized carbons (Fsp3) is 0.545. The van der Waals surface area contributed by atoms with Crippen LogP contribution in [0.2, 0.25) is 0 Å². The maximum absolute atomic E-state index is 11.8. The van der Waals surface area contributed by atoms with Gasteiger partial charge in [0, 0.05) is 17.8 Å². The summed E-state index contributed by atoms with van der Waals surface area (Å²) in [5, 5.41) is 0. The average molecular weight is 179 g/mol.